The van der Waals surface area contributed by atoms with Gasteiger partial charge in [-0.25, -0.2) is 0 Å². The maximum atomic E-state index is 11.1. The van der Waals surface area contributed by atoms with Gasteiger partial charge in [0.1, 0.15) is 0 Å². The lowest BCUT2D eigenvalue weighted by molar-refractivity contribution is -0.126. The van der Waals surface area contributed by atoms with Crippen molar-refractivity contribution in [3.63, 3.8) is 0 Å². The summed E-state index contributed by atoms with van der Waals surface area (Å²) in [5.41, 5.74) is 5.40. The summed E-state index contributed by atoms with van der Waals surface area (Å²) in [5.74, 6) is 1.62. The average Bonchev–Trinajstić information content (AvgIpc) is 2.15. The number of amides is 2. The first-order chi connectivity index (χ1) is 6.61. The predicted molar refractivity (Wildman–Crippen MR) is 53.1 cm³/mol. The van der Waals surface area contributed by atoms with Crippen LogP contribution >= 0.6 is 0 Å². The van der Waals surface area contributed by atoms with Crippen molar-refractivity contribution in [1.29, 1.82) is 0 Å². The first kappa shape index (κ1) is 12.5. The Balaban J connectivity index is 3.74. The molecule has 0 saturated carbocycles. The van der Waals surface area contributed by atoms with Gasteiger partial charge in [0.2, 0.25) is 11.8 Å². The summed E-state index contributed by atoms with van der Waals surface area (Å²) < 4.78 is 0. The fourth-order valence-electron chi connectivity index (χ4n) is 0.778. The molecule has 0 rings (SSSR count). The molecule has 0 bridgehead atoms. The highest BCUT2D eigenvalue weighted by Gasteiger charge is 2.12. The Labute approximate surface area is 83.4 Å². The van der Waals surface area contributed by atoms with Gasteiger partial charge in [0, 0.05) is 13.0 Å². The van der Waals surface area contributed by atoms with Crippen LogP contribution < -0.4 is 16.4 Å². The van der Waals surface area contributed by atoms with E-state index in [2.05, 4.69) is 16.6 Å². The van der Waals surface area contributed by atoms with E-state index in [0.717, 1.165) is 0 Å². The molecule has 0 aromatic heterocycles. The van der Waals surface area contributed by atoms with Crippen LogP contribution in [0.3, 0.4) is 0 Å². The van der Waals surface area contributed by atoms with Crippen LogP contribution in [0.5, 0.6) is 0 Å². The fourth-order valence-corrected chi connectivity index (χ4v) is 0.778. The first-order valence-corrected chi connectivity index (χ1v) is 4.35. The van der Waals surface area contributed by atoms with Crippen molar-refractivity contribution >= 4 is 11.8 Å². The van der Waals surface area contributed by atoms with E-state index in [1.54, 1.807) is 6.92 Å². The van der Waals surface area contributed by atoms with E-state index >= 15 is 0 Å². The highest BCUT2D eigenvalue weighted by Crippen LogP contribution is 1.84. The maximum Gasteiger partial charge on any atom is 0.239 e. The number of carbonyl (C=O) groups excluding carboxylic acids is 2. The number of likely N-dealkylation sites (N-methyl/N-ethyl adjacent to an activating group) is 1. The van der Waals surface area contributed by atoms with Crippen LogP contribution in [-0.2, 0) is 9.59 Å². The molecule has 14 heavy (non-hydrogen) atoms. The standard InChI is InChI=1S/C9H15N3O2/c1-3-5-7(10)9(14)12-6-8(13)11-4-2/h1,7H,4-6,10H2,2H3,(H,11,13)(H,12,14). The molecular weight excluding hydrogens is 182 g/mol. The smallest absolute Gasteiger partial charge is 0.239 e. The lowest BCUT2D eigenvalue weighted by Gasteiger charge is -2.08. The molecule has 4 N–H and O–H groups in total. The average molecular weight is 197 g/mol. The Morgan fingerprint density at radius 3 is 2.64 bits per heavy atom. The molecule has 0 aliphatic carbocycles. The minimum absolute atomic E-state index is 0.0645. The summed E-state index contributed by atoms with van der Waals surface area (Å²) in [5, 5.41) is 4.92. The van der Waals surface area contributed by atoms with Gasteiger partial charge in [-0.15, -0.1) is 12.3 Å². The molecule has 0 aliphatic heterocycles. The zero-order valence-corrected chi connectivity index (χ0v) is 8.17. The summed E-state index contributed by atoms with van der Waals surface area (Å²) in [6, 6.07) is -0.741. The molecule has 5 nitrogen and oxygen atoms in total. The van der Waals surface area contributed by atoms with E-state index < -0.39 is 11.9 Å². The van der Waals surface area contributed by atoms with Gasteiger partial charge in [-0.2, -0.15) is 0 Å². The largest absolute Gasteiger partial charge is 0.355 e. The van der Waals surface area contributed by atoms with Gasteiger partial charge < -0.3 is 16.4 Å². The monoisotopic (exact) mass is 197 g/mol. The van der Waals surface area contributed by atoms with Crippen LogP contribution in [0.15, 0.2) is 0 Å². The van der Waals surface area contributed by atoms with Crippen molar-refractivity contribution in [2.45, 2.75) is 19.4 Å². The third-order valence-corrected chi connectivity index (χ3v) is 1.47. The van der Waals surface area contributed by atoms with Crippen molar-refractivity contribution in [3.8, 4) is 12.3 Å². The van der Waals surface area contributed by atoms with Crippen molar-refractivity contribution in [3.05, 3.63) is 0 Å². The Hall–Kier alpha value is -1.54. The normalized spacial score (nSPS) is 11.2. The molecule has 0 aromatic carbocycles. The summed E-state index contributed by atoms with van der Waals surface area (Å²) in [7, 11) is 0. The molecule has 5 heteroatoms. The fraction of sp³-hybridized carbons (Fsp3) is 0.556. The minimum Gasteiger partial charge on any atom is -0.355 e. The molecular formula is C9H15N3O2. The second kappa shape index (κ2) is 6.92. The second-order valence-corrected chi connectivity index (χ2v) is 2.69. The Morgan fingerprint density at radius 1 is 1.50 bits per heavy atom. The zero-order valence-electron chi connectivity index (χ0n) is 8.17. The van der Waals surface area contributed by atoms with Crippen LogP contribution in [0.2, 0.25) is 0 Å². The van der Waals surface area contributed by atoms with E-state index in [9.17, 15) is 9.59 Å². The van der Waals surface area contributed by atoms with Gasteiger partial charge in [-0.1, -0.05) is 0 Å². The number of hydrogen-bond acceptors (Lipinski definition) is 3. The molecule has 0 aliphatic rings. The number of carbonyl (C=O) groups is 2. The van der Waals surface area contributed by atoms with E-state index in [1.165, 1.54) is 0 Å². The van der Waals surface area contributed by atoms with Crippen molar-refractivity contribution in [2.24, 2.45) is 5.73 Å². The lowest BCUT2D eigenvalue weighted by Crippen LogP contribution is -2.44. The van der Waals surface area contributed by atoms with Crippen LogP contribution in [0, 0.1) is 12.3 Å². The molecule has 0 aromatic rings. The number of nitrogens with two attached hydrogens (primary N) is 1. The quantitative estimate of drug-likeness (QED) is 0.473. The van der Waals surface area contributed by atoms with Gasteiger partial charge in [-0.05, 0) is 6.92 Å². The number of terminal acetylenes is 1. The van der Waals surface area contributed by atoms with E-state index in [0.29, 0.717) is 6.54 Å². The minimum atomic E-state index is -0.741. The van der Waals surface area contributed by atoms with E-state index in [4.69, 9.17) is 12.2 Å². The Kier molecular flexibility index (Phi) is 6.16. The van der Waals surface area contributed by atoms with Crippen LogP contribution in [0.1, 0.15) is 13.3 Å². The van der Waals surface area contributed by atoms with Gasteiger partial charge in [0.05, 0.1) is 12.6 Å². The van der Waals surface area contributed by atoms with Gasteiger partial charge in [0.15, 0.2) is 0 Å². The van der Waals surface area contributed by atoms with Crippen LogP contribution in [0.25, 0.3) is 0 Å². The lowest BCUT2D eigenvalue weighted by atomic mass is 10.2. The SMILES string of the molecule is C#CCC(N)C(=O)NCC(=O)NCC. The van der Waals surface area contributed by atoms with Crippen molar-refractivity contribution in [1.82, 2.24) is 10.6 Å². The summed E-state index contributed by atoms with van der Waals surface area (Å²) in [6.07, 6.45) is 5.15. The second-order valence-electron chi connectivity index (χ2n) is 2.69. The van der Waals surface area contributed by atoms with E-state index in [-0.39, 0.29) is 18.9 Å². The summed E-state index contributed by atoms with van der Waals surface area (Å²) in [6.45, 7) is 2.26. The van der Waals surface area contributed by atoms with Gasteiger partial charge in [0.25, 0.3) is 0 Å². The molecule has 0 fully saturated rings. The predicted octanol–water partition coefficient (Wildman–Crippen LogP) is -1.41. The van der Waals surface area contributed by atoms with Crippen LogP contribution in [0.4, 0.5) is 0 Å². The molecule has 0 spiro atoms. The number of nitrogens with one attached hydrogen (secondary N) is 2. The van der Waals surface area contributed by atoms with Gasteiger partial charge in [-0.3, -0.25) is 9.59 Å². The first-order valence-electron chi connectivity index (χ1n) is 4.35. The molecule has 1 unspecified atom stereocenters. The Bertz CT molecular complexity index is 245. The Morgan fingerprint density at radius 2 is 2.14 bits per heavy atom. The van der Waals surface area contributed by atoms with Crippen molar-refractivity contribution in [2.75, 3.05) is 13.1 Å². The molecule has 1 atom stereocenters. The molecule has 78 valence electrons. The van der Waals surface area contributed by atoms with Crippen LogP contribution in [-0.4, -0.2) is 30.9 Å². The highest BCUT2D eigenvalue weighted by atomic mass is 16.2. The van der Waals surface area contributed by atoms with Crippen molar-refractivity contribution < 1.29 is 9.59 Å². The summed E-state index contributed by atoms with van der Waals surface area (Å²) >= 11 is 0. The zero-order chi connectivity index (χ0) is 11.0. The highest BCUT2D eigenvalue weighted by molar-refractivity contribution is 5.87. The molecule has 0 saturated heterocycles. The van der Waals surface area contributed by atoms with E-state index in [1.807, 2.05) is 0 Å². The molecule has 0 heterocycles. The number of rotatable bonds is 5. The molecule has 2 amide bonds. The summed E-state index contributed by atoms with van der Waals surface area (Å²) in [4.78, 5) is 22.1. The third-order valence-electron chi connectivity index (χ3n) is 1.47. The van der Waals surface area contributed by atoms with Gasteiger partial charge >= 0.3 is 0 Å². The molecule has 0 radical (unpaired) electrons. The third kappa shape index (κ3) is 5.17. The maximum absolute atomic E-state index is 11.1. The topological polar surface area (TPSA) is 84.2 Å². The number of hydrogen-bond donors (Lipinski definition) is 3.